The van der Waals surface area contributed by atoms with Crippen molar-refractivity contribution in [3.8, 4) is 16.9 Å². The monoisotopic (exact) mass is 424 g/mol. The van der Waals surface area contributed by atoms with E-state index in [0.29, 0.717) is 12.4 Å². The average Bonchev–Trinajstić information content (AvgIpc) is 3.59. The molecule has 3 N–H and O–H groups in total. The van der Waals surface area contributed by atoms with Crippen LogP contribution in [0, 0.1) is 0 Å². The number of hydrogen-bond donors (Lipinski definition) is 2. The van der Waals surface area contributed by atoms with Gasteiger partial charge in [0.15, 0.2) is 0 Å². The van der Waals surface area contributed by atoms with E-state index in [1.165, 1.54) is 25.0 Å². The minimum absolute atomic E-state index is 0.179. The Morgan fingerprint density at radius 1 is 1.24 bits per heavy atom. The van der Waals surface area contributed by atoms with Gasteiger partial charge in [-0.1, -0.05) is 12.1 Å². The third-order valence-electron chi connectivity index (χ3n) is 5.01. The summed E-state index contributed by atoms with van der Waals surface area (Å²) in [6, 6.07) is 6.99. The van der Waals surface area contributed by atoms with Crippen molar-refractivity contribution in [1.29, 1.82) is 0 Å². The first-order valence-electron chi connectivity index (χ1n) is 9.22. The molecular formula is C20H19F3N2O3S. The predicted molar refractivity (Wildman–Crippen MR) is 104 cm³/mol. The molecule has 29 heavy (non-hydrogen) atoms. The van der Waals surface area contributed by atoms with Gasteiger partial charge in [-0.2, -0.15) is 13.2 Å². The van der Waals surface area contributed by atoms with E-state index in [9.17, 15) is 22.8 Å². The number of ether oxygens (including phenoxy) is 1. The Kier molecular flexibility index (Phi) is 4.88. The summed E-state index contributed by atoms with van der Waals surface area (Å²) in [5, 5.41) is 0.740. The van der Waals surface area contributed by atoms with E-state index in [1.54, 1.807) is 17.1 Å². The van der Waals surface area contributed by atoms with Crippen LogP contribution in [-0.2, 0) is 6.18 Å². The number of carbonyl (C=O) groups is 1. The van der Waals surface area contributed by atoms with Crippen LogP contribution in [0.15, 0.2) is 35.1 Å². The molecule has 1 aromatic carbocycles. The quantitative estimate of drug-likeness (QED) is 0.705. The average molecular weight is 424 g/mol. The standard InChI is InChI=1S/C20H19F3N2O3S/c21-20(22,23)16-14(9-15(17(24)26)18(27)25-16)11-1-3-12(4-2-11)28-10-19(7-8-19)29-13-5-6-13/h1-4,9,13H,5-8,10H2,(H2,24,26)(H,25,27). The number of halogens is 3. The number of aromatic nitrogens is 1. The lowest BCUT2D eigenvalue weighted by atomic mass is 10.0. The number of aromatic amines is 1. The second kappa shape index (κ2) is 7.12. The molecule has 2 aliphatic carbocycles. The van der Waals surface area contributed by atoms with Crippen molar-refractivity contribution in [2.45, 2.75) is 41.9 Å². The van der Waals surface area contributed by atoms with Gasteiger partial charge in [-0.15, -0.1) is 11.8 Å². The fourth-order valence-electron chi connectivity index (χ4n) is 3.09. The number of amides is 1. The molecule has 9 heteroatoms. The van der Waals surface area contributed by atoms with Crippen molar-refractivity contribution in [1.82, 2.24) is 4.98 Å². The van der Waals surface area contributed by atoms with E-state index in [0.717, 1.165) is 24.2 Å². The summed E-state index contributed by atoms with van der Waals surface area (Å²) < 4.78 is 46.2. The highest BCUT2D eigenvalue weighted by molar-refractivity contribution is 8.01. The highest BCUT2D eigenvalue weighted by Crippen LogP contribution is 2.55. The highest BCUT2D eigenvalue weighted by Gasteiger charge is 2.48. The van der Waals surface area contributed by atoms with Gasteiger partial charge in [0.1, 0.15) is 23.6 Å². The number of primary amides is 1. The molecule has 5 nitrogen and oxygen atoms in total. The van der Waals surface area contributed by atoms with E-state index in [-0.39, 0.29) is 15.9 Å². The molecule has 0 radical (unpaired) electrons. The number of rotatable bonds is 7. The summed E-state index contributed by atoms with van der Waals surface area (Å²) in [7, 11) is 0. The number of nitrogens with two attached hydrogens (primary N) is 1. The van der Waals surface area contributed by atoms with Gasteiger partial charge in [-0.25, -0.2) is 0 Å². The van der Waals surface area contributed by atoms with E-state index in [1.807, 2.05) is 11.8 Å². The van der Waals surface area contributed by atoms with Crippen LogP contribution in [0.2, 0.25) is 0 Å². The van der Waals surface area contributed by atoms with Gasteiger partial charge >= 0.3 is 6.18 Å². The molecule has 0 spiro atoms. The number of alkyl halides is 3. The number of nitrogens with one attached hydrogen (secondary N) is 1. The second-order valence-corrected chi connectivity index (χ2v) is 9.24. The van der Waals surface area contributed by atoms with Gasteiger partial charge in [0.2, 0.25) is 0 Å². The molecule has 2 saturated carbocycles. The fraction of sp³-hybridized carbons (Fsp3) is 0.400. The van der Waals surface area contributed by atoms with Gasteiger partial charge in [-0.3, -0.25) is 9.59 Å². The highest BCUT2D eigenvalue weighted by atomic mass is 32.2. The molecule has 2 aliphatic rings. The summed E-state index contributed by atoms with van der Waals surface area (Å²) in [5.41, 5.74) is 2.06. The van der Waals surface area contributed by atoms with Crippen LogP contribution in [0.1, 0.15) is 41.7 Å². The zero-order valence-corrected chi connectivity index (χ0v) is 16.2. The fourth-order valence-corrected chi connectivity index (χ4v) is 4.63. The maximum absolute atomic E-state index is 13.4. The molecule has 0 aliphatic heterocycles. The van der Waals surface area contributed by atoms with Crippen molar-refractivity contribution in [2.24, 2.45) is 5.73 Å². The van der Waals surface area contributed by atoms with Crippen molar-refractivity contribution >= 4 is 17.7 Å². The predicted octanol–water partition coefficient (Wildman–Crippen LogP) is 3.97. The molecule has 0 bridgehead atoms. The van der Waals surface area contributed by atoms with Crippen LogP contribution >= 0.6 is 11.8 Å². The molecule has 154 valence electrons. The molecule has 1 heterocycles. The Balaban J connectivity index is 1.57. The normalized spacial score (nSPS) is 17.8. The van der Waals surface area contributed by atoms with Crippen LogP contribution in [0.5, 0.6) is 5.75 Å². The third kappa shape index (κ3) is 4.44. The van der Waals surface area contributed by atoms with Crippen molar-refractivity contribution in [3.05, 3.63) is 51.9 Å². The summed E-state index contributed by atoms with van der Waals surface area (Å²) in [5.74, 6) is -0.534. The molecular weight excluding hydrogens is 405 g/mol. The SMILES string of the molecule is NC(=O)c1cc(-c2ccc(OCC3(SC4CC4)CC3)cc2)c(C(F)(F)F)[nH]c1=O. The Morgan fingerprint density at radius 2 is 1.90 bits per heavy atom. The van der Waals surface area contributed by atoms with Crippen LogP contribution < -0.4 is 16.0 Å². The van der Waals surface area contributed by atoms with Gasteiger partial charge < -0.3 is 15.5 Å². The number of benzene rings is 1. The number of H-pyrrole nitrogens is 1. The number of carbonyl (C=O) groups excluding carboxylic acids is 1. The number of hydrogen-bond acceptors (Lipinski definition) is 4. The molecule has 1 amide bonds. The zero-order valence-electron chi connectivity index (χ0n) is 15.3. The molecule has 0 saturated heterocycles. The first-order valence-corrected chi connectivity index (χ1v) is 10.1. The van der Waals surface area contributed by atoms with Crippen LogP contribution in [0.4, 0.5) is 13.2 Å². The van der Waals surface area contributed by atoms with Gasteiger partial charge in [0.25, 0.3) is 11.5 Å². The molecule has 2 fully saturated rings. The third-order valence-corrected chi connectivity index (χ3v) is 6.84. The minimum atomic E-state index is -4.79. The van der Waals surface area contributed by atoms with E-state index in [2.05, 4.69) is 0 Å². The maximum Gasteiger partial charge on any atom is 0.431 e. The maximum atomic E-state index is 13.4. The number of pyridine rings is 1. The first kappa shape index (κ1) is 19.9. The Hall–Kier alpha value is -2.42. The molecule has 0 unspecified atom stereocenters. The van der Waals surface area contributed by atoms with Crippen LogP contribution in [0.3, 0.4) is 0 Å². The smallest absolute Gasteiger partial charge is 0.431 e. The zero-order chi connectivity index (χ0) is 20.8. The topological polar surface area (TPSA) is 85.2 Å². The minimum Gasteiger partial charge on any atom is -0.492 e. The van der Waals surface area contributed by atoms with E-state index >= 15 is 0 Å². The molecule has 0 atom stereocenters. The van der Waals surface area contributed by atoms with Gasteiger partial charge in [0, 0.05) is 10.8 Å². The largest absolute Gasteiger partial charge is 0.492 e. The van der Waals surface area contributed by atoms with Crippen LogP contribution in [-0.4, -0.2) is 27.5 Å². The second-order valence-electron chi connectivity index (χ2n) is 7.48. The molecule has 2 aromatic rings. The van der Waals surface area contributed by atoms with E-state index in [4.69, 9.17) is 10.5 Å². The van der Waals surface area contributed by atoms with Gasteiger partial charge in [-0.05, 0) is 49.4 Å². The summed E-state index contributed by atoms with van der Waals surface area (Å²) in [4.78, 5) is 24.9. The Bertz CT molecular complexity index is 994. The summed E-state index contributed by atoms with van der Waals surface area (Å²) >= 11 is 1.98. The Morgan fingerprint density at radius 3 is 2.41 bits per heavy atom. The first-order chi connectivity index (χ1) is 13.7. The lowest BCUT2D eigenvalue weighted by molar-refractivity contribution is -0.140. The van der Waals surface area contributed by atoms with Gasteiger partial charge in [0.05, 0.1) is 4.75 Å². The lowest BCUT2D eigenvalue weighted by Crippen LogP contribution is -2.27. The Labute approximate surface area is 168 Å². The van der Waals surface area contributed by atoms with Crippen molar-refractivity contribution < 1.29 is 22.7 Å². The summed E-state index contributed by atoms with van der Waals surface area (Å²) in [6.07, 6.45) is -0.0363. The van der Waals surface area contributed by atoms with Crippen molar-refractivity contribution in [2.75, 3.05) is 6.61 Å². The lowest BCUT2D eigenvalue weighted by Gasteiger charge is -2.16. The van der Waals surface area contributed by atoms with Crippen LogP contribution in [0.25, 0.3) is 11.1 Å². The summed E-state index contributed by atoms with van der Waals surface area (Å²) in [6.45, 7) is 0.575. The van der Waals surface area contributed by atoms with Crippen molar-refractivity contribution in [3.63, 3.8) is 0 Å². The molecule has 4 rings (SSSR count). The molecule has 1 aromatic heterocycles. The van der Waals surface area contributed by atoms with E-state index < -0.39 is 28.9 Å². The number of thioether (sulfide) groups is 1.